The maximum Gasteiger partial charge on any atom is 0.168 e. The molecule has 2 N–H and O–H groups in total. The van der Waals surface area contributed by atoms with Crippen molar-refractivity contribution in [3.05, 3.63) is 17.7 Å². The minimum Gasteiger partial charge on any atom is -0.381 e. The van der Waals surface area contributed by atoms with Gasteiger partial charge in [-0.25, -0.2) is 13.8 Å². The van der Waals surface area contributed by atoms with Crippen LogP contribution in [0.4, 0.5) is 20.4 Å². The van der Waals surface area contributed by atoms with Crippen molar-refractivity contribution < 1.29 is 13.5 Å². The third-order valence-corrected chi connectivity index (χ3v) is 2.27. The summed E-state index contributed by atoms with van der Waals surface area (Å²) in [5.41, 5.74) is 0. The van der Waals surface area contributed by atoms with Crippen molar-refractivity contribution in [3.63, 3.8) is 0 Å². The summed E-state index contributed by atoms with van der Waals surface area (Å²) >= 11 is 0. The quantitative estimate of drug-likeness (QED) is 0.704. The number of hydrogen-bond acceptors (Lipinski definition) is 4. The lowest BCUT2D eigenvalue weighted by Crippen LogP contribution is -2.10. The van der Waals surface area contributed by atoms with Crippen molar-refractivity contribution in [2.75, 3.05) is 37.4 Å². The molecule has 1 heterocycles. The molecule has 4 nitrogen and oxygen atoms in total. The van der Waals surface area contributed by atoms with Crippen molar-refractivity contribution in [3.8, 4) is 0 Å². The van der Waals surface area contributed by atoms with Gasteiger partial charge in [0.2, 0.25) is 0 Å². The molecule has 0 radical (unpaired) electrons. The van der Waals surface area contributed by atoms with E-state index >= 15 is 0 Å². The van der Waals surface area contributed by atoms with E-state index in [2.05, 4.69) is 15.6 Å². The Kier molecular flexibility index (Phi) is 6.35. The van der Waals surface area contributed by atoms with Crippen LogP contribution in [0.1, 0.15) is 19.8 Å². The Morgan fingerprint density at radius 2 is 1.94 bits per heavy atom. The van der Waals surface area contributed by atoms with Crippen LogP contribution in [0.25, 0.3) is 0 Å². The SMILES string of the molecule is CCCOCCCNc1nc(NC)c(F)cc1F. The van der Waals surface area contributed by atoms with Crippen molar-refractivity contribution in [2.45, 2.75) is 19.8 Å². The lowest BCUT2D eigenvalue weighted by molar-refractivity contribution is 0.134. The van der Waals surface area contributed by atoms with Crippen LogP contribution in [0.15, 0.2) is 6.07 Å². The molecule has 1 aromatic rings. The molecule has 0 unspecified atom stereocenters. The molecule has 0 saturated carbocycles. The zero-order valence-electron chi connectivity index (χ0n) is 10.7. The number of aromatic nitrogens is 1. The molecule has 0 atom stereocenters. The second kappa shape index (κ2) is 7.81. The summed E-state index contributed by atoms with van der Waals surface area (Å²) in [6, 6.07) is 0.814. The fraction of sp³-hybridized carbons (Fsp3) is 0.583. The Morgan fingerprint density at radius 1 is 1.22 bits per heavy atom. The van der Waals surface area contributed by atoms with Gasteiger partial charge in [-0.3, -0.25) is 0 Å². The Morgan fingerprint density at radius 3 is 2.61 bits per heavy atom. The van der Waals surface area contributed by atoms with Crippen molar-refractivity contribution in [1.29, 1.82) is 0 Å². The first kappa shape index (κ1) is 14.6. The molecule has 18 heavy (non-hydrogen) atoms. The van der Waals surface area contributed by atoms with Gasteiger partial charge in [0.25, 0.3) is 0 Å². The Bertz CT molecular complexity index is 375. The van der Waals surface area contributed by atoms with Gasteiger partial charge in [-0.05, 0) is 12.8 Å². The fourth-order valence-corrected chi connectivity index (χ4v) is 1.39. The van der Waals surface area contributed by atoms with E-state index in [1.54, 1.807) is 0 Å². The standard InChI is InChI=1S/C12H19F2N3O/c1-3-6-18-7-4-5-16-12-10(14)8-9(13)11(15-2)17-12/h8H,3-7H2,1-2H3,(H2,15,16,17). The summed E-state index contributed by atoms with van der Waals surface area (Å²) in [4.78, 5) is 3.81. The van der Waals surface area contributed by atoms with Gasteiger partial charge < -0.3 is 15.4 Å². The Labute approximate surface area is 106 Å². The number of hydrogen-bond donors (Lipinski definition) is 2. The van der Waals surface area contributed by atoms with E-state index < -0.39 is 11.6 Å². The molecule has 0 amide bonds. The van der Waals surface area contributed by atoms with Crippen LogP contribution in [0, 0.1) is 11.6 Å². The molecule has 0 bridgehead atoms. The van der Waals surface area contributed by atoms with Gasteiger partial charge >= 0.3 is 0 Å². The molecule has 0 aliphatic rings. The number of ether oxygens (including phenoxy) is 1. The summed E-state index contributed by atoms with van der Waals surface area (Å²) in [6.45, 7) is 3.91. The molecule has 6 heteroatoms. The van der Waals surface area contributed by atoms with Gasteiger partial charge in [-0.1, -0.05) is 6.92 Å². The number of pyridine rings is 1. The van der Waals surface area contributed by atoms with Crippen LogP contribution in [0.3, 0.4) is 0 Å². The van der Waals surface area contributed by atoms with E-state index in [4.69, 9.17) is 4.74 Å². The predicted molar refractivity (Wildman–Crippen MR) is 67.9 cm³/mol. The molecule has 0 spiro atoms. The van der Waals surface area contributed by atoms with Gasteiger partial charge in [0, 0.05) is 32.9 Å². The zero-order valence-corrected chi connectivity index (χ0v) is 10.7. The summed E-state index contributed by atoms with van der Waals surface area (Å²) < 4.78 is 31.8. The highest BCUT2D eigenvalue weighted by molar-refractivity contribution is 5.47. The summed E-state index contributed by atoms with van der Waals surface area (Å²) in [5.74, 6) is -1.31. The average Bonchev–Trinajstić information content (AvgIpc) is 2.36. The normalized spacial score (nSPS) is 10.4. The number of anilines is 2. The van der Waals surface area contributed by atoms with Crippen LogP contribution < -0.4 is 10.6 Å². The number of nitrogens with zero attached hydrogens (tertiary/aromatic N) is 1. The highest BCUT2D eigenvalue weighted by Crippen LogP contribution is 2.18. The van der Waals surface area contributed by atoms with E-state index in [0.29, 0.717) is 13.2 Å². The van der Waals surface area contributed by atoms with Crippen LogP contribution in [0.2, 0.25) is 0 Å². The van der Waals surface area contributed by atoms with Gasteiger partial charge in [0.1, 0.15) is 0 Å². The monoisotopic (exact) mass is 259 g/mol. The predicted octanol–water partition coefficient (Wildman–Crippen LogP) is 2.63. The number of nitrogens with one attached hydrogen (secondary N) is 2. The molecule has 0 saturated heterocycles. The molecule has 0 aliphatic carbocycles. The fourth-order valence-electron chi connectivity index (χ4n) is 1.39. The molecular formula is C12H19F2N3O. The second-order valence-corrected chi connectivity index (χ2v) is 3.79. The lowest BCUT2D eigenvalue weighted by atomic mass is 10.3. The van der Waals surface area contributed by atoms with Crippen LogP contribution in [-0.2, 0) is 4.74 Å². The molecule has 0 aliphatic heterocycles. The molecule has 102 valence electrons. The van der Waals surface area contributed by atoms with Crippen molar-refractivity contribution in [1.82, 2.24) is 4.98 Å². The zero-order chi connectivity index (χ0) is 13.4. The number of rotatable bonds is 8. The molecule has 0 aromatic carbocycles. The van der Waals surface area contributed by atoms with E-state index in [-0.39, 0.29) is 11.6 Å². The lowest BCUT2D eigenvalue weighted by Gasteiger charge is -2.09. The van der Waals surface area contributed by atoms with Crippen molar-refractivity contribution >= 4 is 11.6 Å². The van der Waals surface area contributed by atoms with Crippen LogP contribution >= 0.6 is 0 Å². The minimum absolute atomic E-state index is 0.0288. The smallest absolute Gasteiger partial charge is 0.168 e. The Balaban J connectivity index is 2.42. The van der Waals surface area contributed by atoms with E-state index in [1.807, 2.05) is 6.92 Å². The maximum absolute atomic E-state index is 13.4. The van der Waals surface area contributed by atoms with Gasteiger partial charge in [-0.15, -0.1) is 0 Å². The van der Waals surface area contributed by atoms with E-state index in [1.165, 1.54) is 7.05 Å². The third-order valence-electron chi connectivity index (χ3n) is 2.27. The first-order valence-corrected chi connectivity index (χ1v) is 6.04. The van der Waals surface area contributed by atoms with Crippen molar-refractivity contribution in [2.24, 2.45) is 0 Å². The van der Waals surface area contributed by atoms with Gasteiger partial charge in [-0.2, -0.15) is 0 Å². The first-order chi connectivity index (χ1) is 8.69. The first-order valence-electron chi connectivity index (χ1n) is 6.04. The molecule has 1 rings (SSSR count). The highest BCUT2D eigenvalue weighted by atomic mass is 19.1. The molecular weight excluding hydrogens is 240 g/mol. The summed E-state index contributed by atoms with van der Waals surface area (Å²) in [7, 11) is 1.53. The molecule has 0 fully saturated rings. The second-order valence-electron chi connectivity index (χ2n) is 3.79. The van der Waals surface area contributed by atoms with Gasteiger partial charge in [0.15, 0.2) is 23.3 Å². The third kappa shape index (κ3) is 4.44. The van der Waals surface area contributed by atoms with E-state index in [9.17, 15) is 8.78 Å². The highest BCUT2D eigenvalue weighted by Gasteiger charge is 2.10. The minimum atomic E-state index is -0.702. The van der Waals surface area contributed by atoms with Gasteiger partial charge in [0.05, 0.1) is 0 Å². The largest absolute Gasteiger partial charge is 0.381 e. The summed E-state index contributed by atoms with van der Waals surface area (Å²) in [6.07, 6.45) is 1.72. The number of halogens is 2. The van der Waals surface area contributed by atoms with Crippen LogP contribution in [-0.4, -0.2) is 31.8 Å². The summed E-state index contributed by atoms with van der Waals surface area (Å²) in [5, 5.41) is 5.38. The molecule has 1 aromatic heterocycles. The van der Waals surface area contributed by atoms with Crippen LogP contribution in [0.5, 0.6) is 0 Å². The van der Waals surface area contributed by atoms with E-state index in [0.717, 1.165) is 25.5 Å². The Hall–Kier alpha value is -1.43. The average molecular weight is 259 g/mol. The topological polar surface area (TPSA) is 46.2 Å². The maximum atomic E-state index is 13.4.